The summed E-state index contributed by atoms with van der Waals surface area (Å²) in [6, 6.07) is 2.00. The molecule has 2 aliphatic heterocycles. The Bertz CT molecular complexity index is 934. The van der Waals surface area contributed by atoms with Gasteiger partial charge in [-0.15, -0.1) is 0 Å². The molecule has 2 amide bonds. The van der Waals surface area contributed by atoms with E-state index in [1.807, 2.05) is 33.8 Å². The predicted molar refractivity (Wildman–Crippen MR) is 106 cm³/mol. The van der Waals surface area contributed by atoms with E-state index in [0.29, 0.717) is 30.1 Å². The standard InChI is InChI=1S/C19H26N4O4S/c1-12-11-13(2)15(4)18(14(12)3)28(26,27)23-9-7-22(8-10-23)19(25)16-5-6-17(24)21-20-16/h11H,5-10H2,1-4H3,(H,21,24). The molecule has 0 aromatic heterocycles. The van der Waals surface area contributed by atoms with E-state index in [1.165, 1.54) is 4.31 Å². The van der Waals surface area contributed by atoms with Gasteiger partial charge in [0.05, 0.1) is 4.90 Å². The van der Waals surface area contributed by atoms with Crippen LogP contribution in [-0.4, -0.2) is 61.3 Å². The summed E-state index contributed by atoms with van der Waals surface area (Å²) in [6.45, 7) is 8.58. The molecule has 0 bridgehead atoms. The summed E-state index contributed by atoms with van der Waals surface area (Å²) in [5, 5.41) is 3.84. The minimum Gasteiger partial charge on any atom is -0.335 e. The fraction of sp³-hybridized carbons (Fsp3) is 0.526. The van der Waals surface area contributed by atoms with Gasteiger partial charge in [-0.1, -0.05) is 6.07 Å². The van der Waals surface area contributed by atoms with Gasteiger partial charge in [0.15, 0.2) is 0 Å². The van der Waals surface area contributed by atoms with E-state index < -0.39 is 10.0 Å². The molecular weight excluding hydrogens is 380 g/mol. The lowest BCUT2D eigenvalue weighted by Crippen LogP contribution is -2.52. The zero-order valence-electron chi connectivity index (χ0n) is 16.7. The van der Waals surface area contributed by atoms with Crippen LogP contribution in [0.25, 0.3) is 0 Å². The predicted octanol–water partition coefficient (Wildman–Crippen LogP) is 1.02. The Morgan fingerprint density at radius 1 is 1.00 bits per heavy atom. The van der Waals surface area contributed by atoms with Crippen LogP contribution in [0.1, 0.15) is 35.1 Å². The molecule has 152 valence electrons. The highest BCUT2D eigenvalue weighted by atomic mass is 32.2. The second kappa shape index (κ2) is 7.63. The number of hydrazone groups is 1. The van der Waals surface area contributed by atoms with E-state index in [0.717, 1.165) is 22.3 Å². The Morgan fingerprint density at radius 2 is 1.57 bits per heavy atom. The van der Waals surface area contributed by atoms with E-state index in [9.17, 15) is 18.0 Å². The summed E-state index contributed by atoms with van der Waals surface area (Å²) >= 11 is 0. The molecule has 1 aromatic rings. The third kappa shape index (κ3) is 3.68. The van der Waals surface area contributed by atoms with Gasteiger partial charge in [-0.25, -0.2) is 13.8 Å². The molecule has 0 saturated carbocycles. The molecule has 1 fully saturated rings. The fourth-order valence-corrected chi connectivity index (χ4v) is 5.64. The van der Waals surface area contributed by atoms with Crippen molar-refractivity contribution in [3.05, 3.63) is 28.3 Å². The van der Waals surface area contributed by atoms with E-state index in [1.54, 1.807) is 4.90 Å². The zero-order chi connectivity index (χ0) is 20.6. The number of carbonyl (C=O) groups is 2. The van der Waals surface area contributed by atoms with E-state index in [-0.39, 0.29) is 31.3 Å². The van der Waals surface area contributed by atoms with Crippen molar-refractivity contribution in [2.75, 3.05) is 26.2 Å². The monoisotopic (exact) mass is 406 g/mol. The molecule has 28 heavy (non-hydrogen) atoms. The topological polar surface area (TPSA) is 99.2 Å². The van der Waals surface area contributed by atoms with Gasteiger partial charge >= 0.3 is 0 Å². The van der Waals surface area contributed by atoms with Crippen molar-refractivity contribution in [2.24, 2.45) is 5.10 Å². The lowest BCUT2D eigenvalue weighted by atomic mass is 10.0. The van der Waals surface area contributed by atoms with Crippen LogP contribution in [-0.2, 0) is 19.6 Å². The minimum atomic E-state index is -3.64. The first kappa shape index (κ1) is 20.5. The number of nitrogens with zero attached hydrogens (tertiary/aromatic N) is 3. The molecule has 0 radical (unpaired) electrons. The summed E-state index contributed by atoms with van der Waals surface area (Å²) in [5.41, 5.74) is 6.09. The van der Waals surface area contributed by atoms with Crippen LogP contribution in [0, 0.1) is 27.7 Å². The van der Waals surface area contributed by atoms with Gasteiger partial charge in [0.25, 0.3) is 5.91 Å². The maximum Gasteiger partial charge on any atom is 0.270 e. The number of hydrogen-bond acceptors (Lipinski definition) is 5. The summed E-state index contributed by atoms with van der Waals surface area (Å²) < 4.78 is 28.1. The molecule has 2 aliphatic rings. The quantitative estimate of drug-likeness (QED) is 0.810. The third-order valence-corrected chi connectivity index (χ3v) is 7.75. The van der Waals surface area contributed by atoms with E-state index >= 15 is 0 Å². The van der Waals surface area contributed by atoms with Crippen molar-refractivity contribution in [2.45, 2.75) is 45.4 Å². The van der Waals surface area contributed by atoms with Crippen LogP contribution in [0.2, 0.25) is 0 Å². The maximum absolute atomic E-state index is 13.3. The summed E-state index contributed by atoms with van der Waals surface area (Å²) in [4.78, 5) is 25.7. The zero-order valence-corrected chi connectivity index (χ0v) is 17.5. The van der Waals surface area contributed by atoms with Crippen molar-refractivity contribution in [1.82, 2.24) is 14.6 Å². The second-order valence-corrected chi connectivity index (χ2v) is 9.25. The molecule has 0 atom stereocenters. The van der Waals surface area contributed by atoms with Crippen LogP contribution in [0.15, 0.2) is 16.1 Å². The van der Waals surface area contributed by atoms with Gasteiger partial charge in [-0.2, -0.15) is 9.41 Å². The molecule has 2 heterocycles. The van der Waals surface area contributed by atoms with Gasteiger partial charge < -0.3 is 4.90 Å². The number of hydrogen-bond donors (Lipinski definition) is 1. The highest BCUT2D eigenvalue weighted by Gasteiger charge is 2.34. The maximum atomic E-state index is 13.3. The van der Waals surface area contributed by atoms with Crippen LogP contribution in [0.4, 0.5) is 0 Å². The first-order valence-electron chi connectivity index (χ1n) is 9.35. The first-order valence-corrected chi connectivity index (χ1v) is 10.8. The highest BCUT2D eigenvalue weighted by Crippen LogP contribution is 2.29. The number of sulfonamides is 1. The third-order valence-electron chi connectivity index (χ3n) is 5.57. The first-order chi connectivity index (χ1) is 13.1. The highest BCUT2D eigenvalue weighted by molar-refractivity contribution is 7.89. The number of aryl methyl sites for hydroxylation is 2. The number of carbonyl (C=O) groups excluding carboxylic acids is 2. The molecule has 8 nitrogen and oxygen atoms in total. The van der Waals surface area contributed by atoms with Crippen LogP contribution < -0.4 is 5.43 Å². The average Bonchev–Trinajstić information content (AvgIpc) is 2.66. The molecule has 1 saturated heterocycles. The Kier molecular flexibility index (Phi) is 5.58. The molecule has 0 aliphatic carbocycles. The normalized spacial score (nSPS) is 18.6. The number of rotatable bonds is 3. The average molecular weight is 407 g/mol. The van der Waals surface area contributed by atoms with Crippen LogP contribution >= 0.6 is 0 Å². The van der Waals surface area contributed by atoms with Gasteiger partial charge in [-0.3, -0.25) is 9.59 Å². The summed E-state index contributed by atoms with van der Waals surface area (Å²) in [5.74, 6) is -0.442. The molecule has 1 aromatic carbocycles. The van der Waals surface area contributed by atoms with Crippen molar-refractivity contribution in [3.8, 4) is 0 Å². The Labute approximate surface area is 165 Å². The van der Waals surface area contributed by atoms with E-state index in [2.05, 4.69) is 10.5 Å². The summed E-state index contributed by atoms with van der Waals surface area (Å²) in [7, 11) is -3.64. The molecule has 0 spiro atoms. The van der Waals surface area contributed by atoms with Crippen molar-refractivity contribution < 1.29 is 18.0 Å². The Morgan fingerprint density at radius 3 is 2.07 bits per heavy atom. The van der Waals surface area contributed by atoms with Gasteiger partial charge in [0.2, 0.25) is 15.9 Å². The Hall–Kier alpha value is -2.26. The van der Waals surface area contributed by atoms with Gasteiger partial charge in [-0.05, 0) is 49.9 Å². The van der Waals surface area contributed by atoms with Crippen LogP contribution in [0.3, 0.4) is 0 Å². The molecule has 0 unspecified atom stereocenters. The van der Waals surface area contributed by atoms with Crippen molar-refractivity contribution in [1.29, 1.82) is 0 Å². The van der Waals surface area contributed by atoms with E-state index in [4.69, 9.17) is 0 Å². The minimum absolute atomic E-state index is 0.202. The fourth-order valence-electron chi connectivity index (χ4n) is 3.64. The molecule has 9 heteroatoms. The van der Waals surface area contributed by atoms with Gasteiger partial charge in [0.1, 0.15) is 5.71 Å². The largest absolute Gasteiger partial charge is 0.335 e. The lowest BCUT2D eigenvalue weighted by Gasteiger charge is -2.35. The molecule has 3 rings (SSSR count). The number of amides is 2. The molecule has 1 N–H and O–H groups in total. The second-order valence-electron chi connectivity index (χ2n) is 7.38. The van der Waals surface area contributed by atoms with Crippen molar-refractivity contribution in [3.63, 3.8) is 0 Å². The number of piperazine rings is 1. The summed E-state index contributed by atoms with van der Waals surface area (Å²) in [6.07, 6.45) is 0.550. The Balaban J connectivity index is 1.76. The lowest BCUT2D eigenvalue weighted by molar-refractivity contribution is -0.125. The SMILES string of the molecule is Cc1cc(C)c(C)c(S(=O)(=O)N2CCN(C(=O)C3=NNC(=O)CC3)CC2)c1C. The number of nitrogens with one attached hydrogen (secondary N) is 1. The molecular formula is C19H26N4O4S. The van der Waals surface area contributed by atoms with Crippen LogP contribution in [0.5, 0.6) is 0 Å². The van der Waals surface area contributed by atoms with Crippen molar-refractivity contribution >= 4 is 27.5 Å². The number of benzene rings is 1. The van der Waals surface area contributed by atoms with Gasteiger partial charge in [0, 0.05) is 39.0 Å². The smallest absolute Gasteiger partial charge is 0.270 e.